The third kappa shape index (κ3) is 2.51. The summed E-state index contributed by atoms with van der Waals surface area (Å²) in [6.07, 6.45) is 4.32. The van der Waals surface area contributed by atoms with Crippen LogP contribution in [0.4, 0.5) is 5.69 Å². The Labute approximate surface area is 111 Å². The van der Waals surface area contributed by atoms with Crippen LogP contribution in [0.2, 0.25) is 0 Å². The van der Waals surface area contributed by atoms with Gasteiger partial charge in [0.2, 0.25) is 5.91 Å². The van der Waals surface area contributed by atoms with E-state index in [4.69, 9.17) is 0 Å². The van der Waals surface area contributed by atoms with Gasteiger partial charge in [0.15, 0.2) is 0 Å². The minimum atomic E-state index is -0.120. The van der Waals surface area contributed by atoms with E-state index < -0.39 is 0 Å². The standard InChI is InChI=1S/C14H16N4O/c19-14-12(17-10-13-15-7-8-16-13)6-9-18(14)11-4-2-1-3-5-11/h1-5,7-8,12,17H,6,9-10H2,(H,15,16). The number of H-pyrrole nitrogens is 1. The van der Waals surface area contributed by atoms with Gasteiger partial charge < -0.3 is 9.88 Å². The van der Waals surface area contributed by atoms with Crippen LogP contribution in [0.25, 0.3) is 0 Å². The molecule has 1 aromatic heterocycles. The molecule has 1 amide bonds. The number of rotatable bonds is 4. The summed E-state index contributed by atoms with van der Waals surface area (Å²) in [4.78, 5) is 21.3. The van der Waals surface area contributed by atoms with Crippen LogP contribution in [0.3, 0.4) is 0 Å². The number of nitrogens with one attached hydrogen (secondary N) is 2. The molecule has 3 rings (SSSR count). The number of carbonyl (C=O) groups is 1. The number of carbonyl (C=O) groups excluding carboxylic acids is 1. The van der Waals surface area contributed by atoms with E-state index >= 15 is 0 Å². The zero-order valence-corrected chi connectivity index (χ0v) is 10.5. The summed E-state index contributed by atoms with van der Waals surface area (Å²) in [6.45, 7) is 1.35. The fourth-order valence-corrected chi connectivity index (χ4v) is 2.35. The predicted octanol–water partition coefficient (Wildman–Crippen LogP) is 1.30. The number of anilines is 1. The van der Waals surface area contributed by atoms with E-state index in [1.165, 1.54) is 0 Å². The van der Waals surface area contributed by atoms with Crippen molar-refractivity contribution >= 4 is 11.6 Å². The molecule has 0 spiro atoms. The zero-order valence-electron chi connectivity index (χ0n) is 10.5. The number of nitrogens with zero attached hydrogens (tertiary/aromatic N) is 2. The first-order valence-electron chi connectivity index (χ1n) is 6.42. The van der Waals surface area contributed by atoms with Crippen molar-refractivity contribution in [3.63, 3.8) is 0 Å². The minimum absolute atomic E-state index is 0.120. The number of imidazole rings is 1. The van der Waals surface area contributed by atoms with Crippen molar-refractivity contribution in [2.24, 2.45) is 0 Å². The Balaban J connectivity index is 1.62. The van der Waals surface area contributed by atoms with Crippen molar-refractivity contribution in [3.05, 3.63) is 48.5 Å². The van der Waals surface area contributed by atoms with Gasteiger partial charge in [0.05, 0.1) is 12.6 Å². The van der Waals surface area contributed by atoms with Crippen molar-refractivity contribution in [1.82, 2.24) is 15.3 Å². The van der Waals surface area contributed by atoms with E-state index in [0.29, 0.717) is 6.54 Å². The van der Waals surface area contributed by atoms with E-state index in [1.807, 2.05) is 35.2 Å². The topological polar surface area (TPSA) is 61.0 Å². The lowest BCUT2D eigenvalue weighted by Gasteiger charge is -2.16. The quantitative estimate of drug-likeness (QED) is 0.867. The van der Waals surface area contributed by atoms with E-state index in [0.717, 1.165) is 24.5 Å². The van der Waals surface area contributed by atoms with Crippen molar-refractivity contribution in [3.8, 4) is 0 Å². The first kappa shape index (κ1) is 11.9. The van der Waals surface area contributed by atoms with Crippen molar-refractivity contribution in [2.75, 3.05) is 11.4 Å². The first-order chi connectivity index (χ1) is 9.34. The minimum Gasteiger partial charge on any atom is -0.348 e. The molecule has 0 radical (unpaired) electrons. The number of hydrogen-bond donors (Lipinski definition) is 2. The van der Waals surface area contributed by atoms with Gasteiger partial charge in [0.25, 0.3) is 0 Å². The van der Waals surface area contributed by atoms with Crippen LogP contribution in [0.15, 0.2) is 42.7 Å². The van der Waals surface area contributed by atoms with E-state index in [-0.39, 0.29) is 11.9 Å². The molecule has 1 saturated heterocycles. The summed E-state index contributed by atoms with van der Waals surface area (Å²) in [6, 6.07) is 9.67. The number of para-hydroxylation sites is 1. The van der Waals surface area contributed by atoms with Gasteiger partial charge in [-0.3, -0.25) is 10.1 Å². The third-order valence-corrected chi connectivity index (χ3v) is 3.34. The SMILES string of the molecule is O=C1C(NCc2ncc[nH]2)CCN1c1ccccc1. The molecule has 1 aliphatic rings. The van der Waals surface area contributed by atoms with E-state index in [9.17, 15) is 4.79 Å². The van der Waals surface area contributed by atoms with Gasteiger partial charge in [0.1, 0.15) is 5.82 Å². The van der Waals surface area contributed by atoms with Crippen LogP contribution in [0.5, 0.6) is 0 Å². The molecular formula is C14H16N4O. The maximum atomic E-state index is 12.3. The Morgan fingerprint density at radius 2 is 2.21 bits per heavy atom. The van der Waals surface area contributed by atoms with Gasteiger partial charge in [-0.15, -0.1) is 0 Å². The lowest BCUT2D eigenvalue weighted by atomic mass is 10.2. The number of aromatic amines is 1. The highest BCUT2D eigenvalue weighted by Crippen LogP contribution is 2.21. The second-order valence-electron chi connectivity index (χ2n) is 4.58. The van der Waals surface area contributed by atoms with Gasteiger partial charge >= 0.3 is 0 Å². The Morgan fingerprint density at radius 1 is 1.37 bits per heavy atom. The van der Waals surface area contributed by atoms with Crippen molar-refractivity contribution in [1.29, 1.82) is 0 Å². The van der Waals surface area contributed by atoms with Crippen LogP contribution in [-0.4, -0.2) is 28.5 Å². The number of benzene rings is 1. The summed E-state index contributed by atoms with van der Waals surface area (Å²) >= 11 is 0. The summed E-state index contributed by atoms with van der Waals surface area (Å²) in [5.74, 6) is 0.990. The van der Waals surface area contributed by atoms with Crippen LogP contribution < -0.4 is 10.2 Å². The fourth-order valence-electron chi connectivity index (χ4n) is 2.35. The number of amides is 1. The smallest absolute Gasteiger partial charge is 0.244 e. The molecule has 0 saturated carbocycles. The molecule has 1 fully saturated rings. The van der Waals surface area contributed by atoms with Crippen LogP contribution in [0.1, 0.15) is 12.2 Å². The van der Waals surface area contributed by atoms with Crippen molar-refractivity contribution in [2.45, 2.75) is 19.0 Å². The van der Waals surface area contributed by atoms with Gasteiger partial charge in [0, 0.05) is 24.6 Å². The first-order valence-corrected chi connectivity index (χ1v) is 6.42. The molecule has 1 atom stereocenters. The molecule has 2 heterocycles. The van der Waals surface area contributed by atoms with E-state index in [2.05, 4.69) is 15.3 Å². The molecule has 0 bridgehead atoms. The van der Waals surface area contributed by atoms with Gasteiger partial charge in [-0.25, -0.2) is 4.98 Å². The largest absolute Gasteiger partial charge is 0.348 e. The summed E-state index contributed by atoms with van der Waals surface area (Å²) in [5, 5.41) is 3.25. The van der Waals surface area contributed by atoms with E-state index in [1.54, 1.807) is 12.4 Å². The lowest BCUT2D eigenvalue weighted by molar-refractivity contribution is -0.118. The van der Waals surface area contributed by atoms with Gasteiger partial charge in [-0.2, -0.15) is 0 Å². The van der Waals surface area contributed by atoms with Crippen LogP contribution >= 0.6 is 0 Å². The molecule has 98 valence electrons. The van der Waals surface area contributed by atoms with Crippen LogP contribution in [-0.2, 0) is 11.3 Å². The maximum absolute atomic E-state index is 12.3. The molecule has 1 aromatic carbocycles. The maximum Gasteiger partial charge on any atom is 0.244 e. The Kier molecular flexibility index (Phi) is 3.29. The third-order valence-electron chi connectivity index (χ3n) is 3.34. The number of aromatic nitrogens is 2. The zero-order chi connectivity index (χ0) is 13.1. The fraction of sp³-hybridized carbons (Fsp3) is 0.286. The Morgan fingerprint density at radius 3 is 2.95 bits per heavy atom. The molecule has 1 unspecified atom stereocenters. The predicted molar refractivity (Wildman–Crippen MR) is 72.6 cm³/mol. The second kappa shape index (κ2) is 5.24. The highest BCUT2D eigenvalue weighted by atomic mass is 16.2. The molecule has 1 aliphatic heterocycles. The molecule has 5 nitrogen and oxygen atoms in total. The number of hydrogen-bond acceptors (Lipinski definition) is 3. The summed E-state index contributed by atoms with van der Waals surface area (Å²) in [5.41, 5.74) is 0.967. The normalized spacial score (nSPS) is 19.1. The molecule has 5 heteroatoms. The van der Waals surface area contributed by atoms with Crippen LogP contribution in [0, 0.1) is 0 Å². The molecule has 2 aromatic rings. The average Bonchev–Trinajstić information content (AvgIpc) is 3.07. The van der Waals surface area contributed by atoms with Crippen molar-refractivity contribution < 1.29 is 4.79 Å². The lowest BCUT2D eigenvalue weighted by Crippen LogP contribution is -2.38. The monoisotopic (exact) mass is 256 g/mol. The summed E-state index contributed by atoms with van der Waals surface area (Å²) in [7, 11) is 0. The Hall–Kier alpha value is -2.14. The van der Waals surface area contributed by atoms with Gasteiger partial charge in [-0.05, 0) is 18.6 Å². The molecule has 2 N–H and O–H groups in total. The Bertz CT molecular complexity index is 538. The average molecular weight is 256 g/mol. The van der Waals surface area contributed by atoms with Gasteiger partial charge in [-0.1, -0.05) is 18.2 Å². The summed E-state index contributed by atoms with van der Waals surface area (Å²) < 4.78 is 0. The molecule has 0 aliphatic carbocycles. The molecule has 19 heavy (non-hydrogen) atoms. The highest BCUT2D eigenvalue weighted by molar-refractivity contribution is 5.99. The second-order valence-corrected chi connectivity index (χ2v) is 4.58. The molecular weight excluding hydrogens is 240 g/mol. The highest BCUT2D eigenvalue weighted by Gasteiger charge is 2.31.